The van der Waals surface area contributed by atoms with Crippen molar-refractivity contribution < 1.29 is 202 Å². The summed E-state index contributed by atoms with van der Waals surface area (Å²) in [5, 5.41) is -5.62. The van der Waals surface area contributed by atoms with Crippen molar-refractivity contribution in [3.8, 4) is 0 Å². The Bertz CT molecular complexity index is 3680. The summed E-state index contributed by atoms with van der Waals surface area (Å²) in [6.45, 7) is -4.51. The number of benzene rings is 1. The molecule has 32 nitrogen and oxygen atoms in total. The van der Waals surface area contributed by atoms with Crippen molar-refractivity contribution >= 4 is 167 Å². The number of halogens is 20. The van der Waals surface area contributed by atoms with Gasteiger partial charge in [0.2, 0.25) is 11.8 Å². The van der Waals surface area contributed by atoms with Gasteiger partial charge in [-0.1, -0.05) is 0 Å². The SMILES string of the molecule is CC(=O)OCC(OC(C)=O)C(OC(C)=O)C(OC(C)=O)C(CN(C)C(=O)c1c(I)c(NC(=O)COCC(=O)N2CCN(S(=O)(=O)C(F)(F)C(F)(F)C(F)(F)C(F)(F)C(F)(F)C(F)(F)C(F)(F)C(F)(F)F)CC2)c(I)c(C(=O)N(C)CC(OC(C)=O)C(OC(C)=O)C(OC(C)=O)C(COC(C)=O)OC(C)=O)c1I)OC(C)=O. The van der Waals surface area contributed by atoms with Crippen LogP contribution < -0.4 is 5.32 Å². The van der Waals surface area contributed by atoms with E-state index in [1.165, 1.54) is 67.8 Å². The van der Waals surface area contributed by atoms with Crippen molar-refractivity contribution in [1.82, 2.24) is 19.0 Å². The Kier molecular flexibility index (Phi) is 35.2. The fourth-order valence-electron chi connectivity index (χ4n) is 9.63. The number of piperazine rings is 1. The highest BCUT2D eigenvalue weighted by Gasteiger charge is 2.96. The summed E-state index contributed by atoms with van der Waals surface area (Å²) in [5.41, 5.74) is -1.84. The number of ether oxygens (including phenoxy) is 11. The predicted octanol–water partition coefficient (Wildman–Crippen LogP) is 5.62. The quantitative estimate of drug-likeness (QED) is 0.0365. The summed E-state index contributed by atoms with van der Waals surface area (Å²) in [5.74, 6) is -70.0. The summed E-state index contributed by atoms with van der Waals surface area (Å²) in [7, 11) is -5.81. The number of likely N-dealkylation sites (N-methyl/N-ethyl adjacent to an activating group) is 2. The third kappa shape index (κ3) is 23.9. The van der Waals surface area contributed by atoms with Crippen LogP contribution in [0.25, 0.3) is 0 Å². The van der Waals surface area contributed by atoms with Gasteiger partial charge in [-0.3, -0.25) is 67.1 Å². The van der Waals surface area contributed by atoms with Gasteiger partial charge in [-0.15, -0.1) is 0 Å². The van der Waals surface area contributed by atoms with Crippen LogP contribution in [0.2, 0.25) is 0 Å². The van der Waals surface area contributed by atoms with Crippen LogP contribution in [0.3, 0.4) is 0 Å². The second-order valence-electron chi connectivity index (χ2n) is 23.2. The van der Waals surface area contributed by atoms with Crippen LogP contribution in [0.5, 0.6) is 0 Å². The highest BCUT2D eigenvalue weighted by atomic mass is 127. The highest BCUT2D eigenvalue weighted by Crippen LogP contribution is 2.64. The molecule has 1 fully saturated rings. The van der Waals surface area contributed by atoms with Crippen LogP contribution in [0.15, 0.2) is 0 Å². The second-order valence-corrected chi connectivity index (χ2v) is 28.4. The van der Waals surface area contributed by atoms with E-state index < -0.39 is 280 Å². The molecule has 1 heterocycles. The number of rotatable bonds is 37. The zero-order valence-electron chi connectivity index (χ0n) is 59.0. The van der Waals surface area contributed by atoms with Gasteiger partial charge >= 0.3 is 107 Å². The van der Waals surface area contributed by atoms with Crippen LogP contribution in [0.4, 0.5) is 80.3 Å². The number of sulfonamides is 1. The molecule has 0 aliphatic carbocycles. The lowest BCUT2D eigenvalue weighted by Gasteiger charge is -2.43. The average molecular weight is 2000 g/mol. The minimum absolute atomic E-state index is 0.372. The molecule has 1 aliphatic heterocycles. The van der Waals surface area contributed by atoms with Gasteiger partial charge in [0.15, 0.2) is 48.8 Å². The standard InChI is InChI=1S/C58H65F17I3N5O27S/c1-23(84)101-19-35(105-27(5)88)47(109-31(9)92)45(107-29(7)90)33(103-25(3)86)17-80(11)49(96)39-41(76)40(50(97)81(12)18-34(104-26(4)87)46(108-30(8)91)48(110-32(10)93)36(106-28(6)89)20-102-24(2)85)43(78)44(42(39)77)79-37(94)21-100-22-38(95)82-13-15-83(16-14-82)111(98,99)58(74,75)56(69,70)54(65,66)52(61,62)51(59,60)53(63,64)55(67,68)57(71,72)73/h33-36,45-48H,13-22H2,1-12H3,(H,79,94). The van der Waals surface area contributed by atoms with Crippen LogP contribution >= 0.6 is 67.8 Å². The fourth-order valence-corrected chi connectivity index (χ4v) is 15.4. The van der Waals surface area contributed by atoms with Gasteiger partial charge in [-0.05, 0) is 67.8 Å². The Morgan fingerprint density at radius 3 is 0.991 bits per heavy atom. The number of anilines is 1. The molecule has 0 saturated carbocycles. The van der Waals surface area contributed by atoms with Gasteiger partial charge in [0.1, 0.15) is 26.4 Å². The van der Waals surface area contributed by atoms with Crippen LogP contribution in [-0.4, -0.2) is 286 Å². The van der Waals surface area contributed by atoms with E-state index in [0.29, 0.717) is 14.7 Å². The first-order valence-corrected chi connectivity index (χ1v) is 35.2. The maximum Gasteiger partial charge on any atom is 0.460 e. The summed E-state index contributed by atoms with van der Waals surface area (Å²) in [6, 6.07) is 0. The third-order valence-corrected chi connectivity index (χ3v) is 19.7. The molecular formula is C58H65F17I3N5O27S. The fraction of sp³-hybridized carbons (Fsp3) is 0.655. The number of esters is 10. The second kappa shape index (κ2) is 39.1. The Morgan fingerprint density at radius 2 is 0.694 bits per heavy atom. The lowest BCUT2D eigenvalue weighted by Crippen LogP contribution is -2.75. The molecule has 53 heteroatoms. The predicted molar refractivity (Wildman–Crippen MR) is 353 cm³/mol. The van der Waals surface area contributed by atoms with Crippen molar-refractivity contribution in [3.05, 3.63) is 21.8 Å². The lowest BCUT2D eigenvalue weighted by atomic mass is 9.91. The van der Waals surface area contributed by atoms with E-state index in [2.05, 4.69) is 5.32 Å². The van der Waals surface area contributed by atoms with E-state index in [9.17, 15) is 132 Å². The number of carbonyl (C=O) groups excluding carboxylic acids is 14. The molecule has 111 heavy (non-hydrogen) atoms. The molecule has 2 rings (SSSR count). The Balaban J connectivity index is 2.91. The van der Waals surface area contributed by atoms with E-state index in [-0.39, 0.29) is 7.14 Å². The van der Waals surface area contributed by atoms with E-state index in [1.807, 2.05) is 0 Å². The molecule has 0 spiro atoms. The first-order chi connectivity index (χ1) is 50.3. The average Bonchev–Trinajstić information content (AvgIpc) is 0.687. The maximum atomic E-state index is 15.3. The molecule has 1 aromatic rings. The number of nitrogens with one attached hydrogen (secondary N) is 1. The van der Waals surface area contributed by atoms with Gasteiger partial charge in [0, 0.05) is 113 Å². The normalized spacial score (nSPS) is 15.7. The molecule has 0 radical (unpaired) electrons. The monoisotopic (exact) mass is 2000 g/mol. The molecule has 0 aromatic heterocycles. The molecule has 4 amide bonds. The van der Waals surface area contributed by atoms with Crippen molar-refractivity contribution in [3.63, 3.8) is 0 Å². The molecule has 1 saturated heterocycles. The first-order valence-electron chi connectivity index (χ1n) is 30.5. The topological polar surface area (TPSA) is 400 Å². The van der Waals surface area contributed by atoms with Gasteiger partial charge in [0.25, 0.3) is 21.8 Å². The number of alkyl halides is 17. The summed E-state index contributed by atoms with van der Waals surface area (Å²) < 4.78 is 320. The minimum atomic E-state index is -9.10. The largest absolute Gasteiger partial charge is 0.462 e. The van der Waals surface area contributed by atoms with Crippen LogP contribution in [-0.2, 0) is 120 Å². The highest BCUT2D eigenvalue weighted by molar-refractivity contribution is 14.1. The molecule has 8 unspecified atom stereocenters. The molecular weight excluding hydrogens is 1930 g/mol. The summed E-state index contributed by atoms with van der Waals surface area (Å²) in [4.78, 5) is 185. The zero-order valence-corrected chi connectivity index (χ0v) is 66.3. The van der Waals surface area contributed by atoms with Gasteiger partial charge in [-0.2, -0.15) is 78.9 Å². The molecule has 1 aromatic carbocycles. The number of hydrogen-bond acceptors (Lipinski definition) is 27. The van der Waals surface area contributed by atoms with E-state index in [4.69, 9.17) is 52.1 Å². The third-order valence-electron chi connectivity index (χ3n) is 14.5. The molecule has 1 aliphatic rings. The van der Waals surface area contributed by atoms with Gasteiger partial charge in [-0.25, -0.2) is 8.42 Å². The van der Waals surface area contributed by atoms with E-state index in [0.717, 1.165) is 83.3 Å². The Labute approximate surface area is 656 Å². The van der Waals surface area contributed by atoms with E-state index >= 15 is 18.4 Å². The first kappa shape index (κ1) is 99.7. The smallest absolute Gasteiger partial charge is 0.460 e. The molecule has 0 bridgehead atoms. The van der Waals surface area contributed by atoms with Crippen molar-refractivity contribution in [2.75, 3.05) is 85.1 Å². The summed E-state index contributed by atoms with van der Waals surface area (Å²) in [6.07, 6.45) is -24.4. The molecule has 1 N–H and O–H groups in total. The summed E-state index contributed by atoms with van der Waals surface area (Å²) >= 11 is 4.33. The van der Waals surface area contributed by atoms with Gasteiger partial charge in [0.05, 0.1) is 37.0 Å². The maximum absolute atomic E-state index is 15.3. The van der Waals surface area contributed by atoms with Crippen molar-refractivity contribution in [2.24, 2.45) is 0 Å². The van der Waals surface area contributed by atoms with Gasteiger partial charge < -0.3 is 72.1 Å². The minimum Gasteiger partial charge on any atom is -0.462 e. The van der Waals surface area contributed by atoms with Crippen LogP contribution in [0, 0.1) is 10.7 Å². The van der Waals surface area contributed by atoms with E-state index in [1.54, 1.807) is 0 Å². The lowest BCUT2D eigenvalue weighted by molar-refractivity contribution is -0.458. The number of hydrogen-bond donors (Lipinski definition) is 1. The Hall–Kier alpha value is -7.33. The number of nitrogens with zero attached hydrogens (tertiary/aromatic N) is 4. The number of amides is 4. The van der Waals surface area contributed by atoms with Crippen molar-refractivity contribution in [1.29, 1.82) is 0 Å². The zero-order chi connectivity index (χ0) is 86.5. The molecule has 630 valence electrons. The van der Waals surface area contributed by atoms with Crippen molar-refractivity contribution in [2.45, 2.75) is 165 Å². The van der Waals surface area contributed by atoms with Crippen LogP contribution in [0.1, 0.15) is 90.0 Å². The molecule has 8 atom stereocenters. The number of carbonyl (C=O) groups is 14. The Morgan fingerprint density at radius 1 is 0.405 bits per heavy atom.